The average Bonchev–Trinajstić information content (AvgIpc) is 3.49. The number of anilines is 2. The normalized spacial score (nSPS) is 15.4. The maximum Gasteiger partial charge on any atom is 0.333 e. The van der Waals surface area contributed by atoms with E-state index in [1.165, 1.54) is 0 Å². The number of hydrogen-bond acceptors (Lipinski definition) is 9. The van der Waals surface area contributed by atoms with Crippen molar-refractivity contribution in [1.82, 2.24) is 29.1 Å². The SMILES string of the molecule is CCNc1ncc(-c2ccc3ncc4c(c3c2)n(-c2ccc(N3CC[C@H](O)C3)nc2C)c(=O)n4C)c(OC)n1. The number of nitrogens with zero attached hydrogens (tertiary/aromatic N) is 7. The summed E-state index contributed by atoms with van der Waals surface area (Å²) in [6, 6.07) is 9.71. The lowest BCUT2D eigenvalue weighted by molar-refractivity contribution is 0.198. The van der Waals surface area contributed by atoms with Crippen LogP contribution in [-0.4, -0.2) is 67.0 Å². The van der Waals surface area contributed by atoms with Crippen LogP contribution in [0.25, 0.3) is 38.8 Å². The molecule has 39 heavy (non-hydrogen) atoms. The summed E-state index contributed by atoms with van der Waals surface area (Å²) in [5.41, 5.74) is 5.02. The maximum absolute atomic E-state index is 13.6. The molecule has 1 aliphatic rings. The van der Waals surface area contributed by atoms with Crippen LogP contribution in [0.4, 0.5) is 11.8 Å². The summed E-state index contributed by atoms with van der Waals surface area (Å²) in [6.07, 6.45) is 3.84. The van der Waals surface area contributed by atoms with Crippen molar-refractivity contribution in [2.45, 2.75) is 26.4 Å². The van der Waals surface area contributed by atoms with E-state index in [0.717, 1.165) is 52.0 Å². The van der Waals surface area contributed by atoms with Gasteiger partial charge in [-0.1, -0.05) is 6.07 Å². The van der Waals surface area contributed by atoms with Gasteiger partial charge in [-0.05, 0) is 50.1 Å². The van der Waals surface area contributed by atoms with Crippen molar-refractivity contribution in [3.63, 3.8) is 0 Å². The van der Waals surface area contributed by atoms with Crippen LogP contribution in [0.1, 0.15) is 19.0 Å². The van der Waals surface area contributed by atoms with Crippen molar-refractivity contribution in [3.8, 4) is 22.7 Å². The smallest absolute Gasteiger partial charge is 0.333 e. The van der Waals surface area contributed by atoms with E-state index in [4.69, 9.17) is 9.72 Å². The van der Waals surface area contributed by atoms with E-state index in [-0.39, 0.29) is 11.8 Å². The van der Waals surface area contributed by atoms with E-state index in [9.17, 15) is 9.90 Å². The molecule has 200 valence electrons. The number of nitrogens with one attached hydrogen (secondary N) is 1. The van der Waals surface area contributed by atoms with Crippen molar-refractivity contribution in [2.24, 2.45) is 7.05 Å². The molecule has 1 aromatic carbocycles. The van der Waals surface area contributed by atoms with Gasteiger partial charge < -0.3 is 20.1 Å². The highest BCUT2D eigenvalue weighted by molar-refractivity contribution is 6.04. The number of β-amino-alcohol motifs (C(OH)–C–C–N with tert-alkyl or cyclic N) is 1. The second-order valence-corrected chi connectivity index (χ2v) is 9.71. The Morgan fingerprint density at radius 1 is 1.15 bits per heavy atom. The number of aromatic nitrogens is 6. The number of benzene rings is 1. The van der Waals surface area contributed by atoms with Crippen molar-refractivity contribution < 1.29 is 9.84 Å². The standard InChI is InChI=1S/C28H30N8O3/c1-5-29-27-31-13-20(26(33-27)39-4)17-6-7-21-19(12-17)25-23(14-30-21)34(3)28(38)36(25)22-8-9-24(32-16(22)2)35-11-10-18(37)15-35/h6-9,12-14,18,37H,5,10-11,15H2,1-4H3,(H,29,31,33)/t18-/m0/s1. The van der Waals surface area contributed by atoms with Crippen LogP contribution in [-0.2, 0) is 7.05 Å². The van der Waals surface area contributed by atoms with Gasteiger partial charge in [-0.25, -0.2) is 14.8 Å². The predicted molar refractivity (Wildman–Crippen MR) is 151 cm³/mol. The number of pyridine rings is 2. The van der Waals surface area contributed by atoms with Crippen molar-refractivity contribution >= 4 is 33.7 Å². The first kappa shape index (κ1) is 24.8. The largest absolute Gasteiger partial charge is 0.480 e. The van der Waals surface area contributed by atoms with Crippen LogP contribution in [0.15, 0.2) is 47.5 Å². The fourth-order valence-electron chi connectivity index (χ4n) is 5.25. The number of rotatable bonds is 6. The first-order valence-electron chi connectivity index (χ1n) is 13.0. The molecule has 11 nitrogen and oxygen atoms in total. The molecule has 0 amide bonds. The van der Waals surface area contributed by atoms with Crippen LogP contribution in [0.5, 0.6) is 5.88 Å². The lowest BCUT2D eigenvalue weighted by Crippen LogP contribution is -2.24. The maximum atomic E-state index is 13.6. The molecule has 0 aliphatic carbocycles. The summed E-state index contributed by atoms with van der Waals surface area (Å²) in [6.45, 7) is 5.89. The molecular weight excluding hydrogens is 496 g/mol. The summed E-state index contributed by atoms with van der Waals surface area (Å²) in [7, 11) is 3.33. The van der Waals surface area contributed by atoms with E-state index in [1.54, 1.807) is 35.7 Å². The first-order valence-corrected chi connectivity index (χ1v) is 13.0. The van der Waals surface area contributed by atoms with Crippen LogP contribution < -0.4 is 20.6 Å². The molecule has 0 radical (unpaired) electrons. The minimum atomic E-state index is -0.344. The summed E-state index contributed by atoms with van der Waals surface area (Å²) < 4.78 is 8.89. The molecule has 11 heteroatoms. The van der Waals surface area contributed by atoms with Crippen LogP contribution in [0.3, 0.4) is 0 Å². The number of ether oxygens (including phenoxy) is 1. The molecule has 5 heterocycles. The van der Waals surface area contributed by atoms with E-state index in [1.807, 2.05) is 44.2 Å². The molecule has 1 fully saturated rings. The highest BCUT2D eigenvalue weighted by Gasteiger charge is 2.23. The predicted octanol–water partition coefficient (Wildman–Crippen LogP) is 3.05. The van der Waals surface area contributed by atoms with Crippen LogP contribution in [0.2, 0.25) is 0 Å². The van der Waals surface area contributed by atoms with Gasteiger partial charge in [-0.2, -0.15) is 4.98 Å². The lowest BCUT2D eigenvalue weighted by Gasteiger charge is -2.18. The van der Waals surface area contributed by atoms with Gasteiger partial charge in [0.2, 0.25) is 11.8 Å². The summed E-state index contributed by atoms with van der Waals surface area (Å²) in [5, 5.41) is 13.9. The van der Waals surface area contributed by atoms with Gasteiger partial charge in [0.05, 0.1) is 52.9 Å². The molecule has 4 aromatic heterocycles. The minimum absolute atomic E-state index is 0.185. The number of fused-ring (bicyclic) bond motifs is 3. The molecular formula is C28H30N8O3. The zero-order chi connectivity index (χ0) is 27.3. The Kier molecular flexibility index (Phi) is 6.15. The zero-order valence-electron chi connectivity index (χ0n) is 22.3. The number of aryl methyl sites for hydroxylation is 2. The quantitative estimate of drug-likeness (QED) is 0.344. The van der Waals surface area contributed by atoms with Gasteiger partial charge in [0.25, 0.3) is 0 Å². The zero-order valence-corrected chi connectivity index (χ0v) is 22.3. The molecule has 1 saturated heterocycles. The molecule has 1 aliphatic heterocycles. The Hall–Kier alpha value is -4.51. The first-order chi connectivity index (χ1) is 18.9. The van der Waals surface area contributed by atoms with E-state index in [0.29, 0.717) is 36.1 Å². The highest BCUT2D eigenvalue weighted by Crippen LogP contribution is 2.34. The topological polar surface area (TPSA) is 123 Å². The van der Waals surface area contributed by atoms with E-state index < -0.39 is 0 Å². The molecule has 0 bridgehead atoms. The number of imidazole rings is 1. The van der Waals surface area contributed by atoms with E-state index in [2.05, 4.69) is 25.2 Å². The van der Waals surface area contributed by atoms with Gasteiger partial charge in [0, 0.05) is 38.3 Å². The van der Waals surface area contributed by atoms with Crippen molar-refractivity contribution in [3.05, 3.63) is 58.9 Å². The van der Waals surface area contributed by atoms with Gasteiger partial charge in [0.15, 0.2) is 0 Å². The third kappa shape index (κ3) is 4.15. The second-order valence-electron chi connectivity index (χ2n) is 9.71. The van der Waals surface area contributed by atoms with Gasteiger partial charge in [-0.15, -0.1) is 0 Å². The summed E-state index contributed by atoms with van der Waals surface area (Å²) in [4.78, 5) is 34.0. The number of aliphatic hydroxyl groups is 1. The number of methoxy groups -OCH3 is 1. The van der Waals surface area contributed by atoms with Crippen molar-refractivity contribution in [1.29, 1.82) is 0 Å². The monoisotopic (exact) mass is 526 g/mol. The molecule has 0 spiro atoms. The number of hydrogen-bond donors (Lipinski definition) is 2. The van der Waals surface area contributed by atoms with Gasteiger partial charge in [-0.3, -0.25) is 14.1 Å². The Morgan fingerprint density at radius 2 is 2.00 bits per heavy atom. The molecule has 0 unspecified atom stereocenters. The van der Waals surface area contributed by atoms with Gasteiger partial charge in [0.1, 0.15) is 5.82 Å². The van der Waals surface area contributed by atoms with Crippen molar-refractivity contribution in [2.75, 3.05) is 37.0 Å². The Labute approximate surface area is 224 Å². The molecule has 6 rings (SSSR count). The Balaban J connectivity index is 1.54. The lowest BCUT2D eigenvalue weighted by atomic mass is 10.0. The average molecular weight is 527 g/mol. The second kappa shape index (κ2) is 9.66. The van der Waals surface area contributed by atoms with Crippen LogP contribution in [0, 0.1) is 6.92 Å². The Morgan fingerprint density at radius 3 is 2.72 bits per heavy atom. The molecule has 5 aromatic rings. The summed E-state index contributed by atoms with van der Waals surface area (Å²) >= 11 is 0. The fourth-order valence-corrected chi connectivity index (χ4v) is 5.25. The minimum Gasteiger partial charge on any atom is -0.480 e. The Bertz CT molecular complexity index is 1780. The third-order valence-corrected chi connectivity index (χ3v) is 7.25. The highest BCUT2D eigenvalue weighted by atomic mass is 16.5. The van der Waals surface area contributed by atoms with Crippen LogP contribution >= 0.6 is 0 Å². The number of aliphatic hydroxyl groups excluding tert-OH is 1. The molecule has 2 N–H and O–H groups in total. The fraction of sp³-hybridized carbons (Fsp3) is 0.321. The summed E-state index contributed by atoms with van der Waals surface area (Å²) in [5.74, 6) is 1.74. The molecule has 1 atom stereocenters. The van der Waals surface area contributed by atoms with Gasteiger partial charge >= 0.3 is 5.69 Å². The molecule has 0 saturated carbocycles. The van der Waals surface area contributed by atoms with E-state index >= 15 is 0 Å². The third-order valence-electron chi connectivity index (χ3n) is 7.25.